The molecule has 3 rings (SSSR count). The first-order valence-corrected chi connectivity index (χ1v) is 7.75. The summed E-state index contributed by atoms with van der Waals surface area (Å²) in [7, 11) is 1.24. The van der Waals surface area contributed by atoms with E-state index < -0.39 is 18.0 Å². The van der Waals surface area contributed by atoms with E-state index in [4.69, 9.17) is 9.15 Å². The Labute approximate surface area is 144 Å². The summed E-state index contributed by atoms with van der Waals surface area (Å²) in [5.41, 5.74) is 1.46. The molecule has 2 aromatic heterocycles. The number of methoxy groups -OCH3 is 1. The molecule has 6 nitrogen and oxygen atoms in total. The fourth-order valence-electron chi connectivity index (χ4n) is 2.48. The van der Waals surface area contributed by atoms with Crippen molar-refractivity contribution in [3.8, 4) is 11.5 Å². The van der Waals surface area contributed by atoms with Crippen molar-refractivity contribution >= 4 is 22.8 Å². The fraction of sp³-hybridized carbons (Fsp3) is 0.211. The van der Waals surface area contributed by atoms with Gasteiger partial charge in [0.25, 0.3) is 0 Å². The number of hydrogen-bond acceptors (Lipinski definition) is 6. The van der Waals surface area contributed by atoms with Crippen LogP contribution in [0.5, 0.6) is 0 Å². The monoisotopic (exact) mass is 339 g/mol. The molecule has 0 unspecified atom stereocenters. The van der Waals surface area contributed by atoms with Crippen molar-refractivity contribution in [3.05, 3.63) is 53.8 Å². The highest BCUT2D eigenvalue weighted by Gasteiger charge is 2.22. The first-order valence-electron chi connectivity index (χ1n) is 7.75. The summed E-state index contributed by atoms with van der Waals surface area (Å²) in [6.45, 7) is 3.29. The number of esters is 2. The molecule has 0 amide bonds. The molecule has 0 fully saturated rings. The van der Waals surface area contributed by atoms with Crippen LogP contribution in [0.1, 0.15) is 23.0 Å². The van der Waals surface area contributed by atoms with Crippen LogP contribution in [-0.2, 0) is 14.3 Å². The van der Waals surface area contributed by atoms with Gasteiger partial charge in [-0.15, -0.1) is 0 Å². The molecule has 0 aliphatic heterocycles. The van der Waals surface area contributed by atoms with Gasteiger partial charge in [0.1, 0.15) is 11.5 Å². The fourth-order valence-corrected chi connectivity index (χ4v) is 2.48. The number of hydrogen-bond donors (Lipinski definition) is 0. The summed E-state index contributed by atoms with van der Waals surface area (Å²) < 4.78 is 15.4. The van der Waals surface area contributed by atoms with Crippen molar-refractivity contribution in [2.75, 3.05) is 7.11 Å². The Morgan fingerprint density at radius 3 is 2.60 bits per heavy atom. The van der Waals surface area contributed by atoms with Crippen molar-refractivity contribution < 1.29 is 23.5 Å². The van der Waals surface area contributed by atoms with Crippen molar-refractivity contribution in [2.24, 2.45) is 0 Å². The van der Waals surface area contributed by atoms with Gasteiger partial charge in [-0.2, -0.15) is 0 Å². The van der Waals surface area contributed by atoms with Gasteiger partial charge in [0.05, 0.1) is 18.2 Å². The lowest BCUT2D eigenvalue weighted by atomic mass is 10.1. The highest BCUT2D eigenvalue weighted by molar-refractivity contribution is 6.05. The Hall–Kier alpha value is -3.15. The maximum atomic E-state index is 12.6. The van der Waals surface area contributed by atoms with E-state index in [1.54, 1.807) is 30.3 Å². The summed E-state index contributed by atoms with van der Waals surface area (Å²) in [4.78, 5) is 28.6. The first-order chi connectivity index (χ1) is 12.0. The van der Waals surface area contributed by atoms with Crippen LogP contribution in [0.2, 0.25) is 0 Å². The smallest absolute Gasteiger partial charge is 0.346 e. The molecule has 6 heteroatoms. The lowest BCUT2D eigenvalue weighted by molar-refractivity contribution is -0.149. The third-order valence-corrected chi connectivity index (χ3v) is 3.75. The predicted molar refractivity (Wildman–Crippen MR) is 91.1 cm³/mol. The highest BCUT2D eigenvalue weighted by atomic mass is 16.6. The van der Waals surface area contributed by atoms with E-state index >= 15 is 0 Å². The standard InChI is InChI=1S/C19H17NO5/c1-11-8-9-17(24-11)16-10-14(13-6-4-5-7-15(13)20-16)19(22)25-12(2)18(21)23-3/h4-10,12H,1-3H3/t12-/m1/s1. The summed E-state index contributed by atoms with van der Waals surface area (Å²) in [5.74, 6) is 0.0568. The Bertz CT molecular complexity index is 944. The minimum atomic E-state index is -1.00. The third-order valence-electron chi connectivity index (χ3n) is 3.75. The van der Waals surface area contributed by atoms with E-state index in [0.717, 1.165) is 5.76 Å². The van der Waals surface area contributed by atoms with Crippen LogP contribution >= 0.6 is 0 Å². The summed E-state index contributed by atoms with van der Waals surface area (Å²) in [6.07, 6.45) is -1.00. The van der Waals surface area contributed by atoms with Crippen LogP contribution in [-0.4, -0.2) is 30.1 Å². The molecule has 0 saturated carbocycles. The lowest BCUT2D eigenvalue weighted by Crippen LogP contribution is -2.25. The maximum Gasteiger partial charge on any atom is 0.346 e. The predicted octanol–water partition coefficient (Wildman–Crippen LogP) is 3.52. The summed E-state index contributed by atoms with van der Waals surface area (Å²) >= 11 is 0. The second-order valence-electron chi connectivity index (χ2n) is 5.55. The number of carbonyl (C=O) groups is 2. The van der Waals surface area contributed by atoms with Gasteiger partial charge < -0.3 is 13.9 Å². The third kappa shape index (κ3) is 3.38. The van der Waals surface area contributed by atoms with Gasteiger partial charge in [0.15, 0.2) is 11.9 Å². The van der Waals surface area contributed by atoms with E-state index in [1.807, 2.05) is 19.1 Å². The first kappa shape index (κ1) is 16.7. The van der Waals surface area contributed by atoms with E-state index in [0.29, 0.717) is 27.9 Å². The normalized spacial score (nSPS) is 12.0. The molecule has 1 atom stereocenters. The maximum absolute atomic E-state index is 12.6. The average Bonchev–Trinajstić information content (AvgIpc) is 3.06. The summed E-state index contributed by atoms with van der Waals surface area (Å²) in [6, 6.07) is 12.4. The number of ether oxygens (including phenoxy) is 2. The Morgan fingerprint density at radius 1 is 1.16 bits per heavy atom. The molecule has 0 aliphatic carbocycles. The van der Waals surface area contributed by atoms with E-state index in [1.165, 1.54) is 14.0 Å². The number of benzene rings is 1. The minimum Gasteiger partial charge on any atom is -0.466 e. The van der Waals surface area contributed by atoms with Gasteiger partial charge in [-0.05, 0) is 38.1 Å². The molecule has 3 aromatic rings. The highest BCUT2D eigenvalue weighted by Crippen LogP contribution is 2.27. The number of para-hydroxylation sites is 1. The van der Waals surface area contributed by atoms with E-state index in [-0.39, 0.29) is 0 Å². The number of aryl methyl sites for hydroxylation is 1. The molecule has 2 heterocycles. The second-order valence-corrected chi connectivity index (χ2v) is 5.55. The topological polar surface area (TPSA) is 78.6 Å². The molecule has 0 N–H and O–H groups in total. The number of rotatable bonds is 4. The number of fused-ring (bicyclic) bond motifs is 1. The number of furan rings is 1. The minimum absolute atomic E-state index is 0.311. The zero-order chi connectivity index (χ0) is 18.0. The van der Waals surface area contributed by atoms with Crippen molar-refractivity contribution in [1.29, 1.82) is 0 Å². The van der Waals surface area contributed by atoms with Crippen molar-refractivity contribution in [2.45, 2.75) is 20.0 Å². The molecule has 0 aliphatic rings. The molecule has 0 bridgehead atoms. The Balaban J connectivity index is 2.06. The van der Waals surface area contributed by atoms with Gasteiger partial charge in [-0.25, -0.2) is 14.6 Å². The lowest BCUT2D eigenvalue weighted by Gasteiger charge is -2.13. The summed E-state index contributed by atoms with van der Waals surface area (Å²) in [5, 5.41) is 0.636. The molecule has 25 heavy (non-hydrogen) atoms. The Morgan fingerprint density at radius 2 is 1.92 bits per heavy atom. The van der Waals surface area contributed by atoms with Crippen molar-refractivity contribution in [3.63, 3.8) is 0 Å². The molecule has 0 radical (unpaired) electrons. The van der Waals surface area contributed by atoms with Gasteiger partial charge in [-0.1, -0.05) is 18.2 Å². The number of aromatic nitrogens is 1. The quantitative estimate of drug-likeness (QED) is 0.677. The van der Waals surface area contributed by atoms with Gasteiger partial charge in [0.2, 0.25) is 0 Å². The van der Waals surface area contributed by atoms with Crippen molar-refractivity contribution in [1.82, 2.24) is 4.98 Å². The van der Waals surface area contributed by atoms with Crippen LogP contribution in [0.15, 0.2) is 46.9 Å². The molecular weight excluding hydrogens is 322 g/mol. The van der Waals surface area contributed by atoms with E-state index in [2.05, 4.69) is 9.72 Å². The van der Waals surface area contributed by atoms with Gasteiger partial charge in [-0.3, -0.25) is 0 Å². The van der Waals surface area contributed by atoms with Crippen LogP contribution in [0.4, 0.5) is 0 Å². The molecular formula is C19H17NO5. The van der Waals surface area contributed by atoms with Crippen LogP contribution in [0.25, 0.3) is 22.4 Å². The zero-order valence-corrected chi connectivity index (χ0v) is 14.1. The molecule has 0 spiro atoms. The second kappa shape index (κ2) is 6.76. The SMILES string of the molecule is COC(=O)[C@@H](C)OC(=O)c1cc(-c2ccc(C)o2)nc2ccccc12. The van der Waals surface area contributed by atoms with Gasteiger partial charge >= 0.3 is 11.9 Å². The molecule has 0 saturated heterocycles. The average molecular weight is 339 g/mol. The van der Waals surface area contributed by atoms with Crippen LogP contribution in [0.3, 0.4) is 0 Å². The number of pyridine rings is 1. The van der Waals surface area contributed by atoms with Gasteiger partial charge in [0, 0.05) is 5.39 Å². The molecule has 128 valence electrons. The number of carbonyl (C=O) groups excluding carboxylic acids is 2. The zero-order valence-electron chi connectivity index (χ0n) is 14.1. The van der Waals surface area contributed by atoms with E-state index in [9.17, 15) is 9.59 Å². The Kier molecular flexibility index (Phi) is 4.52. The van der Waals surface area contributed by atoms with Crippen LogP contribution in [0, 0.1) is 6.92 Å². The number of nitrogens with zero attached hydrogens (tertiary/aromatic N) is 1. The largest absolute Gasteiger partial charge is 0.466 e. The molecule has 1 aromatic carbocycles. The van der Waals surface area contributed by atoms with Crippen LogP contribution < -0.4 is 0 Å².